The Labute approximate surface area is 133 Å². The van der Waals surface area contributed by atoms with Gasteiger partial charge in [-0.2, -0.15) is 8.42 Å². The van der Waals surface area contributed by atoms with E-state index in [4.69, 9.17) is 9.29 Å². The Morgan fingerprint density at radius 2 is 1.83 bits per heavy atom. The molecule has 3 N–H and O–H groups in total. The van der Waals surface area contributed by atoms with Crippen molar-refractivity contribution in [2.24, 2.45) is 0 Å². The number of benzene rings is 2. The van der Waals surface area contributed by atoms with Crippen LogP contribution in [0.1, 0.15) is 15.9 Å². The average Bonchev–Trinajstić information content (AvgIpc) is 2.47. The zero-order valence-corrected chi connectivity index (χ0v) is 13.0. The van der Waals surface area contributed by atoms with Crippen molar-refractivity contribution in [3.05, 3.63) is 53.6 Å². The Morgan fingerprint density at radius 1 is 1.17 bits per heavy atom. The van der Waals surface area contributed by atoms with Gasteiger partial charge in [0.15, 0.2) is 0 Å². The normalized spacial score (nSPS) is 11.2. The third-order valence-electron chi connectivity index (χ3n) is 3.03. The second-order valence-electron chi connectivity index (χ2n) is 4.74. The van der Waals surface area contributed by atoms with E-state index in [0.29, 0.717) is 5.69 Å². The first-order chi connectivity index (χ1) is 10.8. The van der Waals surface area contributed by atoms with Crippen LogP contribution in [-0.2, 0) is 14.3 Å². The second-order valence-corrected chi connectivity index (χ2v) is 6.36. The lowest BCUT2D eigenvalue weighted by atomic mass is 10.2. The van der Waals surface area contributed by atoms with Crippen molar-refractivity contribution in [3.63, 3.8) is 0 Å². The zero-order valence-electron chi connectivity index (χ0n) is 12.2. The van der Waals surface area contributed by atoms with Crippen LogP contribution < -0.4 is 5.32 Å². The van der Waals surface area contributed by atoms with E-state index in [1.807, 2.05) is 6.92 Å². The second kappa shape index (κ2) is 6.67. The van der Waals surface area contributed by atoms with Crippen LogP contribution in [0.3, 0.4) is 0 Å². The Kier molecular flexibility index (Phi) is 4.87. The number of rotatable bonds is 6. The topological polar surface area (TPSA) is 113 Å². The minimum Gasteiger partial charge on any atom is -0.507 e. The fraction of sp³-hybridized carbons (Fsp3) is 0.133. The summed E-state index contributed by atoms with van der Waals surface area (Å²) in [5.41, 5.74) is 1.01. The molecule has 0 saturated carbocycles. The van der Waals surface area contributed by atoms with Crippen molar-refractivity contribution in [2.75, 3.05) is 12.0 Å². The van der Waals surface area contributed by atoms with E-state index >= 15 is 0 Å². The first-order valence-corrected chi connectivity index (χ1v) is 7.97. The molecule has 0 aliphatic heterocycles. The summed E-state index contributed by atoms with van der Waals surface area (Å²) >= 11 is 0. The number of hydrogen-bond acceptors (Lipinski definition) is 6. The number of carbonyl (C=O) groups is 1. The van der Waals surface area contributed by atoms with Gasteiger partial charge in [0.2, 0.25) is 0 Å². The predicted molar refractivity (Wildman–Crippen MR) is 83.0 cm³/mol. The van der Waals surface area contributed by atoms with Crippen molar-refractivity contribution < 1.29 is 27.6 Å². The molecule has 0 aromatic heterocycles. The molecule has 2 rings (SSSR count). The number of phenols is 1. The van der Waals surface area contributed by atoms with E-state index in [-0.39, 0.29) is 17.2 Å². The van der Waals surface area contributed by atoms with Crippen LogP contribution >= 0.6 is 0 Å². The highest BCUT2D eigenvalue weighted by Gasteiger charge is 2.15. The fourth-order valence-electron chi connectivity index (χ4n) is 1.79. The molecule has 8 heteroatoms. The standard InChI is InChI=1S/C15H15NO6S/c1-10-2-5-12(6-3-10)23(20,21)22-9-16-11-4-7-13(15(18)19)14(17)8-11/h2-8,16-17H,9H2,1H3,(H,18,19). The molecule has 23 heavy (non-hydrogen) atoms. The molecule has 122 valence electrons. The minimum atomic E-state index is -3.90. The molecule has 0 unspecified atom stereocenters. The first-order valence-electron chi connectivity index (χ1n) is 6.56. The van der Waals surface area contributed by atoms with Crippen LogP contribution in [0.2, 0.25) is 0 Å². The summed E-state index contributed by atoms with van der Waals surface area (Å²) < 4.78 is 28.7. The molecule has 0 aliphatic carbocycles. The summed E-state index contributed by atoms with van der Waals surface area (Å²) in [6, 6.07) is 9.97. The molecular formula is C15H15NO6S. The lowest BCUT2D eigenvalue weighted by molar-refractivity contribution is 0.0694. The van der Waals surface area contributed by atoms with E-state index in [1.165, 1.54) is 30.3 Å². The molecule has 0 fully saturated rings. The molecular weight excluding hydrogens is 322 g/mol. The van der Waals surface area contributed by atoms with Gasteiger partial charge in [-0.25, -0.2) is 8.98 Å². The van der Waals surface area contributed by atoms with Crippen molar-refractivity contribution in [3.8, 4) is 5.75 Å². The van der Waals surface area contributed by atoms with Gasteiger partial charge in [-0.05, 0) is 31.2 Å². The average molecular weight is 337 g/mol. The summed E-state index contributed by atoms with van der Waals surface area (Å²) in [6.45, 7) is 1.48. The van der Waals surface area contributed by atoms with Crippen LogP contribution in [0.25, 0.3) is 0 Å². The van der Waals surface area contributed by atoms with Gasteiger partial charge < -0.3 is 15.5 Å². The lowest BCUT2D eigenvalue weighted by Crippen LogP contribution is -2.13. The Hall–Kier alpha value is -2.58. The highest BCUT2D eigenvalue weighted by Crippen LogP contribution is 2.22. The number of anilines is 1. The van der Waals surface area contributed by atoms with Crippen molar-refractivity contribution in [2.45, 2.75) is 11.8 Å². The maximum Gasteiger partial charge on any atom is 0.339 e. The Bertz CT molecular complexity index is 814. The third kappa shape index (κ3) is 4.21. The molecule has 0 bridgehead atoms. The van der Waals surface area contributed by atoms with Crippen LogP contribution in [0.15, 0.2) is 47.4 Å². The number of nitrogens with one attached hydrogen (secondary N) is 1. The summed E-state index contributed by atoms with van der Waals surface area (Å²) in [6.07, 6.45) is 0. The van der Waals surface area contributed by atoms with Gasteiger partial charge in [0, 0.05) is 11.8 Å². The molecule has 0 atom stereocenters. The predicted octanol–water partition coefficient (Wildman–Crippen LogP) is 2.17. The van der Waals surface area contributed by atoms with Crippen LogP contribution in [-0.4, -0.2) is 31.3 Å². The van der Waals surface area contributed by atoms with E-state index in [1.54, 1.807) is 12.1 Å². The number of aromatic carboxylic acids is 1. The fourth-order valence-corrected chi connectivity index (χ4v) is 2.61. The van der Waals surface area contributed by atoms with Gasteiger partial charge in [-0.1, -0.05) is 17.7 Å². The number of aromatic hydroxyl groups is 1. The van der Waals surface area contributed by atoms with Gasteiger partial charge >= 0.3 is 5.97 Å². The quantitative estimate of drug-likeness (QED) is 0.547. The van der Waals surface area contributed by atoms with Crippen molar-refractivity contribution in [1.29, 1.82) is 0 Å². The lowest BCUT2D eigenvalue weighted by Gasteiger charge is -2.09. The number of aryl methyl sites for hydroxylation is 1. The van der Waals surface area contributed by atoms with Gasteiger partial charge in [-0.15, -0.1) is 0 Å². The minimum absolute atomic E-state index is 0.0361. The van der Waals surface area contributed by atoms with E-state index in [9.17, 15) is 18.3 Å². The molecule has 7 nitrogen and oxygen atoms in total. The summed E-state index contributed by atoms with van der Waals surface area (Å²) in [4.78, 5) is 10.8. The van der Waals surface area contributed by atoms with E-state index < -0.39 is 21.8 Å². The first kappa shape index (κ1) is 16.8. The molecule has 0 radical (unpaired) electrons. The molecule has 2 aromatic carbocycles. The van der Waals surface area contributed by atoms with Crippen LogP contribution in [0.5, 0.6) is 5.75 Å². The van der Waals surface area contributed by atoms with Gasteiger partial charge in [-0.3, -0.25) is 0 Å². The molecule has 0 aliphatic rings. The van der Waals surface area contributed by atoms with Gasteiger partial charge in [0.1, 0.15) is 18.0 Å². The van der Waals surface area contributed by atoms with Gasteiger partial charge in [0.25, 0.3) is 10.1 Å². The van der Waals surface area contributed by atoms with Crippen molar-refractivity contribution in [1.82, 2.24) is 0 Å². The van der Waals surface area contributed by atoms with E-state index in [2.05, 4.69) is 5.32 Å². The Morgan fingerprint density at radius 3 is 2.39 bits per heavy atom. The van der Waals surface area contributed by atoms with Gasteiger partial charge in [0.05, 0.1) is 4.90 Å². The number of carboxylic acids is 1. The molecule has 0 amide bonds. The maximum absolute atomic E-state index is 12.0. The molecule has 0 spiro atoms. The summed E-state index contributed by atoms with van der Waals surface area (Å²) in [7, 11) is -3.90. The smallest absolute Gasteiger partial charge is 0.339 e. The number of hydrogen-bond donors (Lipinski definition) is 3. The third-order valence-corrected chi connectivity index (χ3v) is 4.31. The molecule has 2 aromatic rings. The highest BCUT2D eigenvalue weighted by atomic mass is 32.2. The highest BCUT2D eigenvalue weighted by molar-refractivity contribution is 7.86. The summed E-state index contributed by atoms with van der Waals surface area (Å²) in [5, 5.41) is 21.0. The molecule has 0 heterocycles. The zero-order chi connectivity index (χ0) is 17.0. The monoisotopic (exact) mass is 337 g/mol. The number of carboxylic acid groups (broad SMARTS) is 1. The van der Waals surface area contributed by atoms with Crippen LogP contribution in [0, 0.1) is 6.92 Å². The van der Waals surface area contributed by atoms with Crippen molar-refractivity contribution >= 4 is 21.8 Å². The molecule has 0 saturated heterocycles. The largest absolute Gasteiger partial charge is 0.507 e. The SMILES string of the molecule is Cc1ccc(S(=O)(=O)OCNc2ccc(C(=O)O)c(O)c2)cc1. The van der Waals surface area contributed by atoms with Crippen LogP contribution in [0.4, 0.5) is 5.69 Å². The Balaban J connectivity index is 2.00. The summed E-state index contributed by atoms with van der Waals surface area (Å²) in [5.74, 6) is -1.68. The maximum atomic E-state index is 12.0. The van der Waals surface area contributed by atoms with E-state index in [0.717, 1.165) is 5.56 Å².